The standard InChI is InChI=1S/C16H18N2OS/c1-5-10(3)13(6-2)18-16(19)12-7-8-14-15(9-12)20-11(4)17-14/h5-9H,1-4H3,(H,18,19)/b10-5-,13-6+. The number of aryl methyl sites for hydroxylation is 1. The summed E-state index contributed by atoms with van der Waals surface area (Å²) in [5.41, 5.74) is 3.50. The van der Waals surface area contributed by atoms with Crippen molar-refractivity contribution >= 4 is 27.5 Å². The van der Waals surface area contributed by atoms with Gasteiger partial charge in [0.15, 0.2) is 0 Å². The molecule has 1 amide bonds. The van der Waals surface area contributed by atoms with Crippen molar-refractivity contribution in [1.29, 1.82) is 0 Å². The van der Waals surface area contributed by atoms with Crippen LogP contribution in [0.5, 0.6) is 0 Å². The number of thiazole rings is 1. The largest absolute Gasteiger partial charge is 0.322 e. The van der Waals surface area contributed by atoms with Crippen LogP contribution in [0.25, 0.3) is 10.2 Å². The van der Waals surface area contributed by atoms with E-state index in [1.54, 1.807) is 11.3 Å². The molecule has 0 spiro atoms. The number of rotatable bonds is 3. The maximum atomic E-state index is 12.3. The minimum atomic E-state index is -0.0905. The van der Waals surface area contributed by atoms with E-state index in [0.29, 0.717) is 5.56 Å². The van der Waals surface area contributed by atoms with E-state index in [-0.39, 0.29) is 5.91 Å². The highest BCUT2D eigenvalue weighted by molar-refractivity contribution is 7.18. The normalized spacial score (nSPS) is 12.8. The molecule has 1 aromatic carbocycles. The van der Waals surface area contributed by atoms with Crippen LogP contribution < -0.4 is 5.32 Å². The Labute approximate surface area is 123 Å². The van der Waals surface area contributed by atoms with Gasteiger partial charge in [0.1, 0.15) is 0 Å². The molecule has 0 aliphatic heterocycles. The summed E-state index contributed by atoms with van der Waals surface area (Å²) in [4.78, 5) is 16.7. The van der Waals surface area contributed by atoms with Crippen LogP contribution in [0.2, 0.25) is 0 Å². The van der Waals surface area contributed by atoms with Crippen LogP contribution in [0.4, 0.5) is 0 Å². The topological polar surface area (TPSA) is 42.0 Å². The number of carbonyl (C=O) groups is 1. The van der Waals surface area contributed by atoms with Crippen molar-refractivity contribution in [1.82, 2.24) is 10.3 Å². The summed E-state index contributed by atoms with van der Waals surface area (Å²) in [5.74, 6) is -0.0905. The Balaban J connectivity index is 2.27. The summed E-state index contributed by atoms with van der Waals surface area (Å²) >= 11 is 1.60. The SMILES string of the molecule is C/C=C(C)\C(=C/C)NC(=O)c1ccc2nc(C)sc2c1. The van der Waals surface area contributed by atoms with E-state index in [1.807, 2.05) is 58.0 Å². The average Bonchev–Trinajstić information content (AvgIpc) is 2.82. The van der Waals surface area contributed by atoms with Crippen molar-refractivity contribution in [2.24, 2.45) is 0 Å². The third kappa shape index (κ3) is 2.96. The molecule has 0 unspecified atom stereocenters. The van der Waals surface area contributed by atoms with Crippen LogP contribution in [-0.4, -0.2) is 10.9 Å². The zero-order valence-corrected chi connectivity index (χ0v) is 13.0. The average molecular weight is 286 g/mol. The number of aromatic nitrogens is 1. The number of allylic oxidation sites excluding steroid dienone is 3. The first-order chi connectivity index (χ1) is 9.55. The molecule has 0 radical (unpaired) electrons. The molecule has 0 saturated carbocycles. The molecule has 20 heavy (non-hydrogen) atoms. The minimum absolute atomic E-state index is 0.0905. The Morgan fingerprint density at radius 3 is 2.70 bits per heavy atom. The Kier molecular flexibility index (Phi) is 4.35. The van der Waals surface area contributed by atoms with Crippen LogP contribution in [0, 0.1) is 6.92 Å². The van der Waals surface area contributed by atoms with Gasteiger partial charge in [-0.3, -0.25) is 4.79 Å². The van der Waals surface area contributed by atoms with Crippen LogP contribution in [0.1, 0.15) is 36.1 Å². The van der Waals surface area contributed by atoms with E-state index in [4.69, 9.17) is 0 Å². The highest BCUT2D eigenvalue weighted by Crippen LogP contribution is 2.22. The molecular weight excluding hydrogens is 268 g/mol. The summed E-state index contributed by atoms with van der Waals surface area (Å²) in [7, 11) is 0. The summed E-state index contributed by atoms with van der Waals surface area (Å²) in [6.45, 7) is 7.82. The zero-order valence-electron chi connectivity index (χ0n) is 12.2. The number of nitrogens with one attached hydrogen (secondary N) is 1. The van der Waals surface area contributed by atoms with Crippen LogP contribution in [0.15, 0.2) is 41.6 Å². The fourth-order valence-electron chi connectivity index (χ4n) is 1.93. The fraction of sp³-hybridized carbons (Fsp3) is 0.250. The molecule has 0 aliphatic carbocycles. The Morgan fingerprint density at radius 2 is 2.05 bits per heavy atom. The molecule has 1 aromatic heterocycles. The molecule has 2 rings (SSSR count). The number of fused-ring (bicyclic) bond motifs is 1. The van der Waals surface area contributed by atoms with Gasteiger partial charge in [-0.05, 0) is 51.5 Å². The molecule has 3 nitrogen and oxygen atoms in total. The first-order valence-electron chi connectivity index (χ1n) is 6.53. The van der Waals surface area contributed by atoms with Crippen molar-refractivity contribution in [3.8, 4) is 0 Å². The Bertz CT molecular complexity index is 710. The summed E-state index contributed by atoms with van der Waals surface area (Å²) in [6, 6.07) is 5.61. The van der Waals surface area contributed by atoms with E-state index in [9.17, 15) is 4.79 Å². The third-order valence-electron chi connectivity index (χ3n) is 3.15. The number of hydrogen-bond donors (Lipinski definition) is 1. The third-order valence-corrected chi connectivity index (χ3v) is 4.09. The van der Waals surface area contributed by atoms with Gasteiger partial charge in [-0.1, -0.05) is 12.2 Å². The predicted octanol–water partition coefficient (Wildman–Crippen LogP) is 4.20. The van der Waals surface area contributed by atoms with Gasteiger partial charge in [0.05, 0.1) is 15.2 Å². The second-order valence-electron chi connectivity index (χ2n) is 4.54. The molecule has 2 aromatic rings. The molecule has 1 N–H and O–H groups in total. The Hall–Kier alpha value is -1.94. The highest BCUT2D eigenvalue weighted by atomic mass is 32.1. The van der Waals surface area contributed by atoms with Crippen molar-refractivity contribution in [2.75, 3.05) is 0 Å². The van der Waals surface area contributed by atoms with Gasteiger partial charge in [0.25, 0.3) is 5.91 Å². The lowest BCUT2D eigenvalue weighted by atomic mass is 10.1. The molecule has 104 valence electrons. The molecule has 0 atom stereocenters. The second-order valence-corrected chi connectivity index (χ2v) is 5.78. The summed E-state index contributed by atoms with van der Waals surface area (Å²) < 4.78 is 1.04. The number of amides is 1. The molecular formula is C16H18N2OS. The molecule has 0 saturated heterocycles. The fourth-order valence-corrected chi connectivity index (χ4v) is 2.80. The van der Waals surface area contributed by atoms with Crippen LogP contribution in [-0.2, 0) is 0 Å². The van der Waals surface area contributed by atoms with Gasteiger partial charge in [-0.25, -0.2) is 4.98 Å². The number of nitrogens with zero attached hydrogens (tertiary/aromatic N) is 1. The van der Waals surface area contributed by atoms with Crippen molar-refractivity contribution in [2.45, 2.75) is 27.7 Å². The van der Waals surface area contributed by atoms with E-state index < -0.39 is 0 Å². The van der Waals surface area contributed by atoms with Gasteiger partial charge in [-0.15, -0.1) is 11.3 Å². The highest BCUT2D eigenvalue weighted by Gasteiger charge is 2.10. The van der Waals surface area contributed by atoms with Gasteiger partial charge in [0.2, 0.25) is 0 Å². The number of carbonyl (C=O) groups excluding carboxylic acids is 1. The monoisotopic (exact) mass is 286 g/mol. The van der Waals surface area contributed by atoms with E-state index >= 15 is 0 Å². The molecule has 0 fully saturated rings. The van der Waals surface area contributed by atoms with Crippen molar-refractivity contribution in [3.63, 3.8) is 0 Å². The zero-order chi connectivity index (χ0) is 14.7. The smallest absolute Gasteiger partial charge is 0.255 e. The molecule has 0 bridgehead atoms. The number of hydrogen-bond acceptors (Lipinski definition) is 3. The molecule has 4 heteroatoms. The predicted molar refractivity (Wildman–Crippen MR) is 85.0 cm³/mol. The lowest BCUT2D eigenvalue weighted by Crippen LogP contribution is -2.23. The van der Waals surface area contributed by atoms with Gasteiger partial charge in [-0.2, -0.15) is 0 Å². The van der Waals surface area contributed by atoms with E-state index in [1.165, 1.54) is 0 Å². The van der Waals surface area contributed by atoms with Gasteiger partial charge in [0, 0.05) is 11.3 Å². The van der Waals surface area contributed by atoms with E-state index in [0.717, 1.165) is 26.5 Å². The maximum Gasteiger partial charge on any atom is 0.255 e. The van der Waals surface area contributed by atoms with Crippen molar-refractivity contribution < 1.29 is 4.79 Å². The quantitative estimate of drug-likeness (QED) is 0.859. The maximum absolute atomic E-state index is 12.3. The van der Waals surface area contributed by atoms with Crippen LogP contribution >= 0.6 is 11.3 Å². The van der Waals surface area contributed by atoms with Gasteiger partial charge >= 0.3 is 0 Å². The first kappa shape index (κ1) is 14.5. The van der Waals surface area contributed by atoms with Gasteiger partial charge < -0.3 is 5.32 Å². The first-order valence-corrected chi connectivity index (χ1v) is 7.35. The summed E-state index contributed by atoms with van der Waals surface area (Å²) in [6.07, 6.45) is 3.88. The summed E-state index contributed by atoms with van der Waals surface area (Å²) in [5, 5.41) is 3.95. The molecule has 0 aliphatic rings. The lowest BCUT2D eigenvalue weighted by molar-refractivity contribution is 0.0966. The van der Waals surface area contributed by atoms with Crippen LogP contribution in [0.3, 0.4) is 0 Å². The Morgan fingerprint density at radius 1 is 1.30 bits per heavy atom. The number of benzene rings is 1. The minimum Gasteiger partial charge on any atom is -0.322 e. The molecule has 1 heterocycles. The van der Waals surface area contributed by atoms with E-state index in [2.05, 4.69) is 10.3 Å². The van der Waals surface area contributed by atoms with Crippen molar-refractivity contribution in [3.05, 3.63) is 52.2 Å². The second kappa shape index (κ2) is 6.01. The lowest BCUT2D eigenvalue weighted by Gasteiger charge is -2.09.